The topological polar surface area (TPSA) is 79.2 Å². The number of nitrogens with zero attached hydrogens (tertiary/aromatic N) is 1. The summed E-state index contributed by atoms with van der Waals surface area (Å²) in [6, 6.07) is 0. The molecule has 2 N–H and O–H groups in total. The molecule has 0 spiro atoms. The molecular formula is C12H21NO5. The number of carboxylic acids is 1. The van der Waals surface area contributed by atoms with Crippen molar-refractivity contribution in [2.75, 3.05) is 40.0 Å². The van der Waals surface area contributed by atoms with Crippen LogP contribution in [0.4, 0.5) is 0 Å². The molecule has 2 unspecified atom stereocenters. The molecular weight excluding hydrogens is 238 g/mol. The molecule has 0 amide bonds. The van der Waals surface area contributed by atoms with Crippen molar-refractivity contribution >= 4 is 5.97 Å². The van der Waals surface area contributed by atoms with Crippen LogP contribution in [0.5, 0.6) is 0 Å². The standard InChI is InChI=1S/C12H21NO5/c1-4-5-13(7-12(15)16)6-11(14)9-18-10(2)8-17-3/h1,10-11,14H,5-9H2,2-3H3,(H,15,16). The maximum absolute atomic E-state index is 10.6. The minimum Gasteiger partial charge on any atom is -0.480 e. The van der Waals surface area contributed by atoms with Crippen LogP contribution in [0.2, 0.25) is 0 Å². The Morgan fingerprint density at radius 1 is 1.50 bits per heavy atom. The maximum atomic E-state index is 10.6. The van der Waals surface area contributed by atoms with Gasteiger partial charge in [0.15, 0.2) is 0 Å². The van der Waals surface area contributed by atoms with Crippen molar-refractivity contribution in [2.24, 2.45) is 0 Å². The van der Waals surface area contributed by atoms with Crippen molar-refractivity contribution in [2.45, 2.75) is 19.1 Å². The van der Waals surface area contributed by atoms with E-state index in [4.69, 9.17) is 21.0 Å². The third-order valence-electron chi connectivity index (χ3n) is 2.12. The first-order valence-electron chi connectivity index (χ1n) is 5.65. The van der Waals surface area contributed by atoms with Crippen LogP contribution < -0.4 is 0 Å². The van der Waals surface area contributed by atoms with Gasteiger partial charge in [-0.3, -0.25) is 9.69 Å². The van der Waals surface area contributed by atoms with E-state index in [1.807, 2.05) is 6.92 Å². The summed E-state index contributed by atoms with van der Waals surface area (Å²) in [4.78, 5) is 12.0. The Balaban J connectivity index is 3.97. The zero-order chi connectivity index (χ0) is 14.0. The molecule has 0 aromatic heterocycles. The molecule has 0 aliphatic rings. The van der Waals surface area contributed by atoms with E-state index in [0.717, 1.165) is 0 Å². The van der Waals surface area contributed by atoms with E-state index in [1.165, 1.54) is 4.90 Å². The Morgan fingerprint density at radius 3 is 2.67 bits per heavy atom. The van der Waals surface area contributed by atoms with Crippen LogP contribution >= 0.6 is 0 Å². The molecule has 0 radical (unpaired) electrons. The van der Waals surface area contributed by atoms with E-state index in [2.05, 4.69) is 5.92 Å². The molecule has 18 heavy (non-hydrogen) atoms. The summed E-state index contributed by atoms with van der Waals surface area (Å²) in [5.41, 5.74) is 0. The number of ether oxygens (including phenoxy) is 2. The molecule has 6 heteroatoms. The highest BCUT2D eigenvalue weighted by atomic mass is 16.5. The van der Waals surface area contributed by atoms with Gasteiger partial charge in [0.05, 0.1) is 38.5 Å². The zero-order valence-electron chi connectivity index (χ0n) is 10.8. The maximum Gasteiger partial charge on any atom is 0.317 e. The first-order valence-corrected chi connectivity index (χ1v) is 5.65. The van der Waals surface area contributed by atoms with Crippen molar-refractivity contribution in [1.29, 1.82) is 0 Å². The van der Waals surface area contributed by atoms with Crippen LogP contribution in [0.15, 0.2) is 0 Å². The number of aliphatic hydroxyl groups excluding tert-OH is 1. The molecule has 0 saturated carbocycles. The van der Waals surface area contributed by atoms with Gasteiger partial charge in [0.1, 0.15) is 0 Å². The highest BCUT2D eigenvalue weighted by Crippen LogP contribution is 1.97. The fourth-order valence-corrected chi connectivity index (χ4v) is 1.41. The molecule has 0 fully saturated rings. The number of methoxy groups -OCH3 is 1. The summed E-state index contributed by atoms with van der Waals surface area (Å²) < 4.78 is 10.2. The highest BCUT2D eigenvalue weighted by Gasteiger charge is 2.15. The summed E-state index contributed by atoms with van der Waals surface area (Å²) in [6.07, 6.45) is 4.23. The number of terminal acetylenes is 1. The van der Waals surface area contributed by atoms with Crippen LogP contribution in [-0.4, -0.2) is 73.2 Å². The van der Waals surface area contributed by atoms with Gasteiger partial charge in [-0.25, -0.2) is 0 Å². The van der Waals surface area contributed by atoms with Gasteiger partial charge in [-0.15, -0.1) is 6.42 Å². The van der Waals surface area contributed by atoms with Crippen molar-refractivity contribution in [1.82, 2.24) is 4.90 Å². The first kappa shape index (κ1) is 16.9. The fourth-order valence-electron chi connectivity index (χ4n) is 1.41. The Hall–Kier alpha value is -1.13. The largest absolute Gasteiger partial charge is 0.480 e. The normalized spacial score (nSPS) is 14.2. The van der Waals surface area contributed by atoms with Gasteiger partial charge in [-0.05, 0) is 6.92 Å². The third kappa shape index (κ3) is 8.96. The Bertz CT molecular complexity index is 276. The number of carbonyl (C=O) groups is 1. The summed E-state index contributed by atoms with van der Waals surface area (Å²) >= 11 is 0. The third-order valence-corrected chi connectivity index (χ3v) is 2.12. The van der Waals surface area contributed by atoms with Gasteiger partial charge in [0, 0.05) is 13.7 Å². The second-order valence-electron chi connectivity index (χ2n) is 4.02. The molecule has 0 aromatic carbocycles. The average Bonchev–Trinajstić information content (AvgIpc) is 2.26. The van der Waals surface area contributed by atoms with Gasteiger partial charge in [0.2, 0.25) is 0 Å². The second-order valence-corrected chi connectivity index (χ2v) is 4.02. The molecule has 0 rings (SSSR count). The molecule has 0 aromatic rings. The van der Waals surface area contributed by atoms with E-state index in [9.17, 15) is 9.90 Å². The predicted molar refractivity (Wildman–Crippen MR) is 66.2 cm³/mol. The SMILES string of the molecule is C#CCN(CC(=O)O)CC(O)COC(C)COC. The van der Waals surface area contributed by atoms with Crippen molar-refractivity contribution in [3.8, 4) is 12.3 Å². The number of aliphatic hydroxyl groups is 1. The molecule has 104 valence electrons. The van der Waals surface area contributed by atoms with E-state index in [-0.39, 0.29) is 32.3 Å². The van der Waals surface area contributed by atoms with Gasteiger partial charge in [-0.2, -0.15) is 0 Å². The number of hydrogen-bond acceptors (Lipinski definition) is 5. The van der Waals surface area contributed by atoms with Crippen molar-refractivity contribution in [3.63, 3.8) is 0 Å². The summed E-state index contributed by atoms with van der Waals surface area (Å²) in [7, 11) is 1.57. The fraction of sp³-hybridized carbons (Fsp3) is 0.750. The number of carboxylic acid groups (broad SMARTS) is 1. The summed E-state index contributed by atoms with van der Waals surface area (Å²) in [5.74, 6) is 1.37. The van der Waals surface area contributed by atoms with E-state index in [1.54, 1.807) is 7.11 Å². The van der Waals surface area contributed by atoms with Crippen molar-refractivity contribution in [3.05, 3.63) is 0 Å². The summed E-state index contributed by atoms with van der Waals surface area (Å²) in [6.45, 7) is 2.52. The quantitative estimate of drug-likeness (QED) is 0.511. The Morgan fingerprint density at radius 2 is 2.17 bits per heavy atom. The average molecular weight is 259 g/mol. The molecule has 6 nitrogen and oxygen atoms in total. The van der Waals surface area contributed by atoms with Crippen LogP contribution in [0.25, 0.3) is 0 Å². The lowest BCUT2D eigenvalue weighted by atomic mass is 10.3. The van der Waals surface area contributed by atoms with Gasteiger partial charge < -0.3 is 19.7 Å². The Kier molecular flexibility index (Phi) is 9.24. The summed E-state index contributed by atoms with van der Waals surface area (Å²) in [5, 5.41) is 18.4. The highest BCUT2D eigenvalue weighted by molar-refractivity contribution is 5.69. The second kappa shape index (κ2) is 9.85. The molecule has 0 saturated heterocycles. The zero-order valence-corrected chi connectivity index (χ0v) is 10.8. The minimum atomic E-state index is -0.980. The monoisotopic (exact) mass is 259 g/mol. The van der Waals surface area contributed by atoms with Gasteiger partial charge in [0.25, 0.3) is 0 Å². The molecule has 0 aliphatic carbocycles. The van der Waals surface area contributed by atoms with Crippen LogP contribution in [0, 0.1) is 12.3 Å². The lowest BCUT2D eigenvalue weighted by Gasteiger charge is -2.22. The lowest BCUT2D eigenvalue weighted by Crippen LogP contribution is -2.39. The van der Waals surface area contributed by atoms with Crippen LogP contribution in [0.1, 0.15) is 6.92 Å². The van der Waals surface area contributed by atoms with Crippen molar-refractivity contribution < 1.29 is 24.5 Å². The molecule has 2 atom stereocenters. The van der Waals surface area contributed by atoms with Gasteiger partial charge in [-0.1, -0.05) is 5.92 Å². The molecule has 0 bridgehead atoms. The number of hydrogen-bond donors (Lipinski definition) is 2. The minimum absolute atomic E-state index is 0.116. The lowest BCUT2D eigenvalue weighted by molar-refractivity contribution is -0.138. The van der Waals surface area contributed by atoms with Crippen LogP contribution in [0.3, 0.4) is 0 Å². The molecule has 0 aliphatic heterocycles. The van der Waals surface area contributed by atoms with Gasteiger partial charge >= 0.3 is 5.97 Å². The number of aliphatic carboxylic acids is 1. The van der Waals surface area contributed by atoms with E-state index in [0.29, 0.717) is 6.61 Å². The van der Waals surface area contributed by atoms with E-state index < -0.39 is 12.1 Å². The number of rotatable bonds is 10. The van der Waals surface area contributed by atoms with Crippen LogP contribution in [-0.2, 0) is 14.3 Å². The Labute approximate surface area is 107 Å². The first-order chi connectivity index (χ1) is 8.49. The van der Waals surface area contributed by atoms with E-state index >= 15 is 0 Å². The smallest absolute Gasteiger partial charge is 0.317 e. The predicted octanol–water partition coefficient (Wildman–Crippen LogP) is -0.581. The molecule has 0 heterocycles.